The number of rotatable bonds is 2. The molecule has 0 amide bonds. The van der Waals surface area contributed by atoms with E-state index < -0.39 is 17.6 Å². The third-order valence-corrected chi connectivity index (χ3v) is 5.03. The number of nitrogen functional groups attached to an aromatic ring is 1. The van der Waals surface area contributed by atoms with E-state index in [-0.39, 0.29) is 18.6 Å². The van der Waals surface area contributed by atoms with Gasteiger partial charge in [0, 0.05) is 5.41 Å². The number of hydrogen-bond acceptors (Lipinski definition) is 7. The van der Waals surface area contributed by atoms with E-state index in [1.54, 1.807) is 17.8 Å². The third kappa shape index (κ3) is 1.47. The summed E-state index contributed by atoms with van der Waals surface area (Å²) in [5.74, 6) is 0.842. The van der Waals surface area contributed by atoms with Crippen molar-refractivity contribution >= 4 is 17.0 Å². The lowest BCUT2D eigenvalue weighted by Gasteiger charge is -2.23. The van der Waals surface area contributed by atoms with E-state index in [1.165, 1.54) is 0 Å². The van der Waals surface area contributed by atoms with E-state index >= 15 is 0 Å². The monoisotopic (exact) mass is 291 g/mol. The minimum absolute atomic E-state index is 0.0152. The molecule has 112 valence electrons. The lowest BCUT2D eigenvalue weighted by molar-refractivity contribution is -0.0300. The zero-order valence-corrected chi connectivity index (χ0v) is 11.5. The van der Waals surface area contributed by atoms with Gasteiger partial charge in [-0.25, -0.2) is 15.0 Å². The van der Waals surface area contributed by atoms with Crippen LogP contribution in [0.5, 0.6) is 0 Å². The summed E-state index contributed by atoms with van der Waals surface area (Å²) in [7, 11) is 0. The molecule has 2 aliphatic rings. The van der Waals surface area contributed by atoms with Gasteiger partial charge in [-0.2, -0.15) is 0 Å². The predicted octanol–water partition coefficient (Wildman–Crippen LogP) is -1.01. The second-order valence-electron chi connectivity index (χ2n) is 6.11. The average Bonchev–Trinajstić information content (AvgIpc) is 2.97. The van der Waals surface area contributed by atoms with Crippen molar-refractivity contribution in [1.29, 1.82) is 0 Å². The highest BCUT2D eigenvalue weighted by Crippen LogP contribution is 2.67. The van der Waals surface area contributed by atoms with Crippen LogP contribution >= 0.6 is 0 Å². The van der Waals surface area contributed by atoms with Gasteiger partial charge in [-0.1, -0.05) is 0 Å². The summed E-state index contributed by atoms with van der Waals surface area (Å²) in [6, 6.07) is -0.356. The molecule has 8 heteroatoms. The van der Waals surface area contributed by atoms with E-state index in [1.807, 2.05) is 0 Å². The second-order valence-corrected chi connectivity index (χ2v) is 6.11. The Kier molecular flexibility index (Phi) is 2.40. The van der Waals surface area contributed by atoms with Crippen LogP contribution in [0.15, 0.2) is 6.33 Å². The van der Waals surface area contributed by atoms with Crippen LogP contribution < -0.4 is 5.73 Å². The molecule has 0 bridgehead atoms. The van der Waals surface area contributed by atoms with Crippen molar-refractivity contribution in [2.45, 2.75) is 31.6 Å². The lowest BCUT2D eigenvalue weighted by atomic mass is 10.0. The molecule has 2 aliphatic carbocycles. The first kappa shape index (κ1) is 12.9. The van der Waals surface area contributed by atoms with Crippen LogP contribution in [0, 0.1) is 18.3 Å². The minimum Gasteiger partial charge on any atom is -0.396 e. The van der Waals surface area contributed by atoms with Gasteiger partial charge in [-0.05, 0) is 19.3 Å². The Balaban J connectivity index is 1.85. The first-order chi connectivity index (χ1) is 9.99. The number of hydrogen-bond donors (Lipinski definition) is 4. The van der Waals surface area contributed by atoms with Crippen LogP contribution in [0.25, 0.3) is 11.2 Å². The van der Waals surface area contributed by atoms with E-state index in [4.69, 9.17) is 5.73 Å². The molecule has 5 atom stereocenters. The smallest absolute Gasteiger partial charge is 0.166 e. The maximum atomic E-state index is 10.3. The highest BCUT2D eigenvalue weighted by atomic mass is 16.3. The molecule has 21 heavy (non-hydrogen) atoms. The molecular formula is C13H17N5O3. The molecule has 0 aliphatic heterocycles. The Bertz CT molecular complexity index is 732. The molecule has 0 radical (unpaired) electrons. The van der Waals surface area contributed by atoms with Gasteiger partial charge in [0.1, 0.15) is 17.4 Å². The molecule has 8 nitrogen and oxygen atoms in total. The normalized spacial score (nSPS) is 37.9. The first-order valence-electron chi connectivity index (χ1n) is 6.93. The number of fused-ring (bicyclic) bond motifs is 2. The Hall–Kier alpha value is -1.77. The fourth-order valence-electron chi connectivity index (χ4n) is 3.82. The van der Waals surface area contributed by atoms with Crippen molar-refractivity contribution in [2.24, 2.45) is 11.3 Å². The van der Waals surface area contributed by atoms with Crippen LogP contribution in [0.3, 0.4) is 0 Å². The molecule has 0 spiro atoms. The molecule has 2 saturated carbocycles. The molecule has 5 unspecified atom stereocenters. The van der Waals surface area contributed by atoms with E-state index in [2.05, 4.69) is 15.0 Å². The van der Waals surface area contributed by atoms with Gasteiger partial charge >= 0.3 is 0 Å². The fraction of sp³-hybridized carbons (Fsp3) is 0.615. The van der Waals surface area contributed by atoms with Gasteiger partial charge < -0.3 is 25.6 Å². The number of aliphatic hydroxyl groups is 3. The van der Waals surface area contributed by atoms with Crippen molar-refractivity contribution in [3.05, 3.63) is 12.2 Å². The summed E-state index contributed by atoms with van der Waals surface area (Å²) in [4.78, 5) is 12.7. The second kappa shape index (κ2) is 3.90. The summed E-state index contributed by atoms with van der Waals surface area (Å²) >= 11 is 0. The number of aromatic nitrogens is 4. The lowest BCUT2D eigenvalue weighted by Crippen LogP contribution is -2.35. The van der Waals surface area contributed by atoms with Gasteiger partial charge in [0.05, 0.1) is 25.1 Å². The molecule has 2 heterocycles. The Morgan fingerprint density at radius 2 is 2.19 bits per heavy atom. The van der Waals surface area contributed by atoms with Gasteiger partial charge in [-0.15, -0.1) is 0 Å². The number of aliphatic hydroxyl groups excluding tert-OH is 3. The number of nitrogens with zero attached hydrogens (tertiary/aromatic N) is 4. The van der Waals surface area contributed by atoms with Crippen LogP contribution in [0.4, 0.5) is 5.82 Å². The summed E-state index contributed by atoms with van der Waals surface area (Å²) in [5, 5.41) is 30.1. The summed E-state index contributed by atoms with van der Waals surface area (Å²) in [6.45, 7) is 1.61. The molecule has 0 aromatic carbocycles. The van der Waals surface area contributed by atoms with Crippen molar-refractivity contribution in [3.8, 4) is 0 Å². The van der Waals surface area contributed by atoms with Gasteiger partial charge in [0.2, 0.25) is 0 Å². The van der Waals surface area contributed by atoms with Gasteiger partial charge in [0.25, 0.3) is 0 Å². The quantitative estimate of drug-likeness (QED) is 0.557. The Morgan fingerprint density at radius 3 is 2.86 bits per heavy atom. The van der Waals surface area contributed by atoms with Crippen molar-refractivity contribution in [2.75, 3.05) is 12.3 Å². The first-order valence-corrected chi connectivity index (χ1v) is 6.93. The average molecular weight is 291 g/mol. The molecule has 5 N–H and O–H groups in total. The molecule has 2 fully saturated rings. The van der Waals surface area contributed by atoms with Crippen LogP contribution in [-0.4, -0.2) is 53.7 Å². The van der Waals surface area contributed by atoms with Crippen molar-refractivity contribution < 1.29 is 15.3 Å². The van der Waals surface area contributed by atoms with E-state index in [9.17, 15) is 15.3 Å². The molecule has 0 saturated heterocycles. The highest BCUT2D eigenvalue weighted by Gasteiger charge is 2.71. The Labute approximate surface area is 120 Å². The SMILES string of the molecule is Cc1nc(N)c2ncn(C3C(O)C(O)C4(CO)CC34)c2n1. The largest absolute Gasteiger partial charge is 0.396 e. The van der Waals surface area contributed by atoms with Crippen LogP contribution in [-0.2, 0) is 0 Å². The summed E-state index contributed by atoms with van der Waals surface area (Å²) in [6.07, 6.45) is 0.368. The maximum absolute atomic E-state index is 10.3. The predicted molar refractivity (Wildman–Crippen MR) is 73.1 cm³/mol. The van der Waals surface area contributed by atoms with Crippen molar-refractivity contribution in [3.63, 3.8) is 0 Å². The summed E-state index contributed by atoms with van der Waals surface area (Å²) < 4.78 is 1.75. The van der Waals surface area contributed by atoms with E-state index in [0.29, 0.717) is 29.2 Å². The highest BCUT2D eigenvalue weighted by molar-refractivity contribution is 5.81. The zero-order chi connectivity index (χ0) is 14.9. The maximum Gasteiger partial charge on any atom is 0.166 e. The molecular weight excluding hydrogens is 274 g/mol. The zero-order valence-electron chi connectivity index (χ0n) is 11.5. The molecule has 4 rings (SSSR count). The number of imidazole rings is 1. The van der Waals surface area contributed by atoms with E-state index in [0.717, 1.165) is 0 Å². The fourth-order valence-corrected chi connectivity index (χ4v) is 3.82. The molecule has 2 aromatic rings. The Morgan fingerprint density at radius 1 is 1.43 bits per heavy atom. The summed E-state index contributed by atoms with van der Waals surface area (Å²) in [5.41, 5.74) is 6.30. The number of nitrogens with two attached hydrogens (primary N) is 1. The third-order valence-electron chi connectivity index (χ3n) is 5.03. The topological polar surface area (TPSA) is 130 Å². The number of anilines is 1. The van der Waals surface area contributed by atoms with Gasteiger partial charge in [-0.3, -0.25) is 0 Å². The van der Waals surface area contributed by atoms with Gasteiger partial charge in [0.15, 0.2) is 11.5 Å². The van der Waals surface area contributed by atoms with Crippen LogP contribution in [0.2, 0.25) is 0 Å². The minimum atomic E-state index is -0.954. The number of aryl methyl sites for hydroxylation is 1. The molecule has 2 aromatic heterocycles. The van der Waals surface area contributed by atoms with Crippen molar-refractivity contribution in [1.82, 2.24) is 19.5 Å². The van der Waals surface area contributed by atoms with Crippen LogP contribution in [0.1, 0.15) is 18.3 Å². The standard InChI is InChI=1S/C13H17N5O3/c1-5-16-11(14)7-12(17-5)18(4-15-7)8-6-2-13(6,3-19)10(21)9(8)20/h4,6,8-10,19-21H,2-3H2,1H3,(H2,14,16,17).